The van der Waals surface area contributed by atoms with Crippen LogP contribution >= 0.6 is 0 Å². The zero-order valence-electron chi connectivity index (χ0n) is 7.40. The van der Waals surface area contributed by atoms with Crippen LogP contribution < -0.4 is 0 Å². The van der Waals surface area contributed by atoms with Gasteiger partial charge < -0.3 is 5.11 Å². The summed E-state index contributed by atoms with van der Waals surface area (Å²) in [4.78, 5) is 9.89. The summed E-state index contributed by atoms with van der Waals surface area (Å²) in [7, 11) is 0. The lowest BCUT2D eigenvalue weighted by molar-refractivity contribution is -0.124. The Bertz CT molecular complexity index is 178. The van der Waals surface area contributed by atoms with Crippen LogP contribution in [0.3, 0.4) is 0 Å². The molecule has 0 aromatic heterocycles. The molecule has 1 N–H and O–H groups in total. The summed E-state index contributed by atoms with van der Waals surface area (Å²) in [6.45, 7) is 2.80. The SMILES string of the molecule is CC(=O)C(C)O.c1ccccc1. The molecule has 1 unspecified atom stereocenters. The summed E-state index contributed by atoms with van der Waals surface area (Å²) in [5.74, 6) is -0.185. The number of aliphatic hydroxyl groups excluding tert-OH is 1. The maximum Gasteiger partial charge on any atom is 0.157 e. The second kappa shape index (κ2) is 6.55. The highest BCUT2D eigenvalue weighted by Gasteiger charge is 1.97. The fourth-order valence-electron chi connectivity index (χ4n) is 0.385. The van der Waals surface area contributed by atoms with Crippen LogP contribution in [0.2, 0.25) is 0 Å². The molecule has 0 saturated heterocycles. The van der Waals surface area contributed by atoms with Gasteiger partial charge in [-0.2, -0.15) is 0 Å². The van der Waals surface area contributed by atoms with Gasteiger partial charge in [0.15, 0.2) is 5.78 Å². The Morgan fingerprint density at radius 2 is 1.25 bits per heavy atom. The molecule has 66 valence electrons. The molecular formula is C10H14O2. The number of Topliss-reactive ketones (excluding diaryl/α,β-unsaturated/α-hetero) is 1. The van der Waals surface area contributed by atoms with Crippen molar-refractivity contribution in [1.82, 2.24) is 0 Å². The number of carbonyl (C=O) groups is 1. The summed E-state index contributed by atoms with van der Waals surface area (Å²) >= 11 is 0. The summed E-state index contributed by atoms with van der Waals surface area (Å²) < 4.78 is 0. The van der Waals surface area contributed by atoms with E-state index >= 15 is 0 Å². The molecule has 2 nitrogen and oxygen atoms in total. The minimum Gasteiger partial charge on any atom is -0.386 e. The first-order chi connectivity index (χ1) is 5.64. The maximum absolute atomic E-state index is 9.89. The van der Waals surface area contributed by atoms with Crippen molar-refractivity contribution < 1.29 is 9.90 Å². The molecule has 0 fully saturated rings. The summed E-state index contributed by atoms with van der Waals surface area (Å²) in [6.07, 6.45) is -0.787. The minimum atomic E-state index is -0.787. The van der Waals surface area contributed by atoms with E-state index in [9.17, 15) is 4.79 Å². The average molecular weight is 166 g/mol. The van der Waals surface area contributed by atoms with Gasteiger partial charge in [-0.15, -0.1) is 0 Å². The molecular weight excluding hydrogens is 152 g/mol. The van der Waals surface area contributed by atoms with Gasteiger partial charge in [-0.1, -0.05) is 36.4 Å². The monoisotopic (exact) mass is 166 g/mol. The van der Waals surface area contributed by atoms with Crippen molar-refractivity contribution in [2.24, 2.45) is 0 Å². The Labute approximate surface area is 72.9 Å². The number of carbonyl (C=O) groups excluding carboxylic acids is 1. The van der Waals surface area contributed by atoms with Gasteiger partial charge >= 0.3 is 0 Å². The Morgan fingerprint density at radius 1 is 1.08 bits per heavy atom. The maximum atomic E-state index is 9.89. The molecule has 2 heteroatoms. The van der Waals surface area contributed by atoms with Gasteiger partial charge in [0.1, 0.15) is 6.10 Å². The molecule has 1 atom stereocenters. The van der Waals surface area contributed by atoms with Crippen LogP contribution in [-0.4, -0.2) is 17.0 Å². The summed E-state index contributed by atoms with van der Waals surface area (Å²) in [6, 6.07) is 12.0. The molecule has 0 spiro atoms. The van der Waals surface area contributed by atoms with Crippen molar-refractivity contribution in [1.29, 1.82) is 0 Å². The first-order valence-corrected chi connectivity index (χ1v) is 3.83. The number of aliphatic hydroxyl groups is 1. The standard InChI is InChI=1S/C6H6.C4H8O2/c1-2-4-6-5-3-1;1-3(5)4(2)6/h1-6H;3,5H,1-2H3. The quantitative estimate of drug-likeness (QED) is 0.688. The van der Waals surface area contributed by atoms with Crippen LogP contribution in [0.5, 0.6) is 0 Å². The van der Waals surface area contributed by atoms with E-state index < -0.39 is 6.10 Å². The highest BCUT2D eigenvalue weighted by Crippen LogP contribution is 1.80. The van der Waals surface area contributed by atoms with E-state index in [1.54, 1.807) is 0 Å². The molecule has 12 heavy (non-hydrogen) atoms. The van der Waals surface area contributed by atoms with Gasteiger partial charge in [0.05, 0.1) is 0 Å². The molecule has 0 saturated carbocycles. The highest BCUT2D eigenvalue weighted by atomic mass is 16.3. The van der Waals surface area contributed by atoms with Crippen LogP contribution in [0.4, 0.5) is 0 Å². The Kier molecular flexibility index (Phi) is 5.93. The van der Waals surface area contributed by atoms with Crippen molar-refractivity contribution in [3.8, 4) is 0 Å². The van der Waals surface area contributed by atoms with Gasteiger partial charge in [-0.3, -0.25) is 4.79 Å². The highest BCUT2D eigenvalue weighted by molar-refractivity contribution is 5.79. The molecule has 0 bridgehead atoms. The van der Waals surface area contributed by atoms with Crippen LogP contribution in [0, 0.1) is 0 Å². The van der Waals surface area contributed by atoms with E-state index in [1.807, 2.05) is 36.4 Å². The number of hydrogen-bond acceptors (Lipinski definition) is 2. The van der Waals surface area contributed by atoms with Gasteiger partial charge in [0.2, 0.25) is 0 Å². The Balaban J connectivity index is 0.000000202. The predicted octanol–water partition coefficient (Wildman–Crippen LogP) is 1.64. The number of rotatable bonds is 1. The van der Waals surface area contributed by atoms with Crippen LogP contribution in [-0.2, 0) is 4.79 Å². The third-order valence-corrected chi connectivity index (χ3v) is 1.25. The van der Waals surface area contributed by atoms with E-state index in [2.05, 4.69) is 0 Å². The predicted molar refractivity (Wildman–Crippen MR) is 48.8 cm³/mol. The third kappa shape index (κ3) is 6.96. The second-order valence-electron chi connectivity index (χ2n) is 2.44. The van der Waals surface area contributed by atoms with Crippen molar-refractivity contribution in [3.63, 3.8) is 0 Å². The molecule has 0 aliphatic heterocycles. The van der Waals surface area contributed by atoms with E-state index in [0.717, 1.165) is 0 Å². The summed E-state index contributed by atoms with van der Waals surface area (Å²) in [5, 5.41) is 8.28. The number of ketones is 1. The smallest absolute Gasteiger partial charge is 0.157 e. The van der Waals surface area contributed by atoms with Crippen LogP contribution in [0.15, 0.2) is 36.4 Å². The van der Waals surface area contributed by atoms with Crippen molar-refractivity contribution in [2.45, 2.75) is 20.0 Å². The molecule has 0 aliphatic carbocycles. The topological polar surface area (TPSA) is 37.3 Å². The molecule has 0 heterocycles. The van der Waals surface area contributed by atoms with Gasteiger partial charge in [0, 0.05) is 0 Å². The van der Waals surface area contributed by atoms with Gasteiger partial charge in [0.25, 0.3) is 0 Å². The second-order valence-corrected chi connectivity index (χ2v) is 2.44. The molecule has 0 aliphatic rings. The molecule has 0 amide bonds. The largest absolute Gasteiger partial charge is 0.386 e. The first-order valence-electron chi connectivity index (χ1n) is 3.83. The zero-order valence-corrected chi connectivity index (χ0v) is 7.40. The van der Waals surface area contributed by atoms with E-state index in [-0.39, 0.29) is 5.78 Å². The van der Waals surface area contributed by atoms with Crippen LogP contribution in [0.1, 0.15) is 13.8 Å². The number of hydrogen-bond donors (Lipinski definition) is 1. The fourth-order valence-corrected chi connectivity index (χ4v) is 0.385. The normalized spacial score (nSPS) is 10.9. The van der Waals surface area contributed by atoms with Gasteiger partial charge in [-0.05, 0) is 13.8 Å². The first kappa shape index (κ1) is 10.8. The average Bonchev–Trinajstić information content (AvgIpc) is 2.08. The number of benzene rings is 1. The third-order valence-electron chi connectivity index (χ3n) is 1.25. The molecule has 1 aromatic carbocycles. The van der Waals surface area contributed by atoms with E-state index in [4.69, 9.17) is 5.11 Å². The Hall–Kier alpha value is -1.15. The van der Waals surface area contributed by atoms with Gasteiger partial charge in [-0.25, -0.2) is 0 Å². The van der Waals surface area contributed by atoms with Crippen molar-refractivity contribution >= 4 is 5.78 Å². The zero-order chi connectivity index (χ0) is 9.40. The minimum absolute atomic E-state index is 0.185. The molecule has 1 aromatic rings. The lowest BCUT2D eigenvalue weighted by atomic mass is 10.3. The van der Waals surface area contributed by atoms with Crippen LogP contribution in [0.25, 0.3) is 0 Å². The van der Waals surface area contributed by atoms with Crippen molar-refractivity contribution in [3.05, 3.63) is 36.4 Å². The molecule has 0 radical (unpaired) electrons. The van der Waals surface area contributed by atoms with E-state index in [0.29, 0.717) is 0 Å². The molecule has 1 rings (SSSR count). The lowest BCUT2D eigenvalue weighted by Gasteiger charge is -1.90. The lowest BCUT2D eigenvalue weighted by Crippen LogP contribution is -2.10. The Morgan fingerprint density at radius 3 is 1.33 bits per heavy atom. The summed E-state index contributed by atoms with van der Waals surface area (Å²) in [5.41, 5.74) is 0. The van der Waals surface area contributed by atoms with E-state index in [1.165, 1.54) is 13.8 Å². The van der Waals surface area contributed by atoms with Crippen molar-refractivity contribution in [2.75, 3.05) is 0 Å². The fraction of sp³-hybridized carbons (Fsp3) is 0.300.